The number of rotatable bonds is 3. The van der Waals surface area contributed by atoms with Crippen molar-refractivity contribution >= 4 is 11.6 Å². The van der Waals surface area contributed by atoms with Gasteiger partial charge in [0, 0.05) is 25.1 Å². The van der Waals surface area contributed by atoms with Gasteiger partial charge >= 0.3 is 0 Å². The summed E-state index contributed by atoms with van der Waals surface area (Å²) in [7, 11) is 0. The minimum Gasteiger partial charge on any atom is -0.321 e. The molecule has 5 heteroatoms. The molecular weight excluding hydrogens is 190 g/mol. The minimum absolute atomic E-state index is 0.594. The van der Waals surface area contributed by atoms with Crippen molar-refractivity contribution in [2.24, 2.45) is 0 Å². The first kappa shape index (κ1) is 9.64. The molecule has 0 aliphatic carbocycles. The van der Waals surface area contributed by atoms with Crippen molar-refractivity contribution < 1.29 is 0 Å². The molecule has 15 heavy (non-hydrogen) atoms. The first-order chi connectivity index (χ1) is 7.28. The van der Waals surface area contributed by atoms with Crippen molar-refractivity contribution in [1.82, 2.24) is 19.7 Å². The molecule has 0 saturated heterocycles. The zero-order chi connectivity index (χ0) is 10.7. The molecule has 2 heterocycles. The summed E-state index contributed by atoms with van der Waals surface area (Å²) in [6.45, 7) is 4.86. The van der Waals surface area contributed by atoms with E-state index in [2.05, 4.69) is 20.4 Å². The fourth-order valence-electron chi connectivity index (χ4n) is 1.19. The summed E-state index contributed by atoms with van der Waals surface area (Å²) < 4.78 is 1.84. The van der Waals surface area contributed by atoms with Gasteiger partial charge in [-0.05, 0) is 19.4 Å². The molecule has 0 aromatic carbocycles. The van der Waals surface area contributed by atoms with Gasteiger partial charge in [-0.3, -0.25) is 4.68 Å². The number of nitrogens with one attached hydrogen (secondary N) is 1. The van der Waals surface area contributed by atoms with E-state index >= 15 is 0 Å². The maximum atomic E-state index is 4.15. The highest BCUT2D eigenvalue weighted by atomic mass is 15.3. The Hall–Kier alpha value is -1.91. The molecule has 0 aliphatic heterocycles. The molecule has 2 aromatic rings. The Bertz CT molecular complexity index is 431. The van der Waals surface area contributed by atoms with Gasteiger partial charge in [-0.1, -0.05) is 0 Å². The van der Waals surface area contributed by atoms with E-state index in [4.69, 9.17) is 0 Å². The molecule has 78 valence electrons. The average molecular weight is 203 g/mol. The Morgan fingerprint density at radius 2 is 2.00 bits per heavy atom. The Morgan fingerprint density at radius 3 is 2.60 bits per heavy atom. The lowest BCUT2D eigenvalue weighted by atomic mass is 10.4. The van der Waals surface area contributed by atoms with Crippen molar-refractivity contribution in [2.45, 2.75) is 20.4 Å². The summed E-state index contributed by atoms with van der Waals surface area (Å²) in [4.78, 5) is 8.30. The second-order valence-corrected chi connectivity index (χ2v) is 3.29. The zero-order valence-electron chi connectivity index (χ0n) is 8.81. The van der Waals surface area contributed by atoms with E-state index < -0.39 is 0 Å². The van der Waals surface area contributed by atoms with Crippen LogP contribution in [0.15, 0.2) is 24.8 Å². The predicted octanol–water partition coefficient (Wildman–Crippen LogP) is 1.75. The van der Waals surface area contributed by atoms with E-state index in [1.807, 2.05) is 24.7 Å². The second-order valence-electron chi connectivity index (χ2n) is 3.29. The molecule has 0 aliphatic rings. The first-order valence-electron chi connectivity index (χ1n) is 4.86. The van der Waals surface area contributed by atoms with Crippen LogP contribution < -0.4 is 5.32 Å². The standard InChI is InChI=1S/C10H13N5/c1-3-15-7-9(6-13-15)14-10-11-4-8(2)5-12-10/h4-7H,3H2,1-2H3,(H,11,12,14). The monoisotopic (exact) mass is 203 g/mol. The maximum Gasteiger partial charge on any atom is 0.227 e. The van der Waals surface area contributed by atoms with Crippen molar-refractivity contribution in [3.05, 3.63) is 30.4 Å². The van der Waals surface area contributed by atoms with Crippen LogP contribution in [0, 0.1) is 6.92 Å². The summed E-state index contributed by atoms with van der Waals surface area (Å²) in [6.07, 6.45) is 7.23. The van der Waals surface area contributed by atoms with Crippen LogP contribution in [-0.4, -0.2) is 19.7 Å². The van der Waals surface area contributed by atoms with Crippen LogP contribution in [0.25, 0.3) is 0 Å². The van der Waals surface area contributed by atoms with Crippen LogP contribution in [0.3, 0.4) is 0 Å². The lowest BCUT2D eigenvalue weighted by Gasteiger charge is -2.00. The number of anilines is 2. The highest BCUT2D eigenvalue weighted by Crippen LogP contribution is 2.10. The minimum atomic E-state index is 0.594. The fourth-order valence-corrected chi connectivity index (χ4v) is 1.19. The van der Waals surface area contributed by atoms with Gasteiger partial charge < -0.3 is 5.32 Å². The van der Waals surface area contributed by atoms with Crippen molar-refractivity contribution in [2.75, 3.05) is 5.32 Å². The maximum absolute atomic E-state index is 4.15. The van der Waals surface area contributed by atoms with E-state index in [0.717, 1.165) is 17.8 Å². The van der Waals surface area contributed by atoms with Crippen LogP contribution in [0.5, 0.6) is 0 Å². The molecule has 0 fully saturated rings. The Kier molecular flexibility index (Phi) is 2.62. The molecular formula is C10H13N5. The third-order valence-corrected chi connectivity index (χ3v) is 1.99. The number of hydrogen-bond acceptors (Lipinski definition) is 4. The second kappa shape index (κ2) is 4.08. The number of hydrogen-bond donors (Lipinski definition) is 1. The molecule has 2 aromatic heterocycles. The topological polar surface area (TPSA) is 55.6 Å². The molecule has 5 nitrogen and oxygen atoms in total. The quantitative estimate of drug-likeness (QED) is 0.825. The third kappa shape index (κ3) is 2.31. The van der Waals surface area contributed by atoms with Crippen LogP contribution >= 0.6 is 0 Å². The van der Waals surface area contributed by atoms with Crippen molar-refractivity contribution in [3.63, 3.8) is 0 Å². The largest absolute Gasteiger partial charge is 0.321 e. The van der Waals surface area contributed by atoms with Crippen molar-refractivity contribution in [3.8, 4) is 0 Å². The van der Waals surface area contributed by atoms with Gasteiger partial charge in [0.1, 0.15) is 0 Å². The van der Waals surface area contributed by atoms with Crippen LogP contribution in [0.4, 0.5) is 11.6 Å². The molecule has 0 saturated carbocycles. The lowest BCUT2D eigenvalue weighted by molar-refractivity contribution is 0.660. The van der Waals surface area contributed by atoms with Crippen molar-refractivity contribution in [1.29, 1.82) is 0 Å². The van der Waals surface area contributed by atoms with Crippen LogP contribution in [0.2, 0.25) is 0 Å². The summed E-state index contributed by atoms with van der Waals surface area (Å²) in [5.41, 5.74) is 1.95. The number of aromatic nitrogens is 4. The fraction of sp³-hybridized carbons (Fsp3) is 0.300. The summed E-state index contributed by atoms with van der Waals surface area (Å²) in [6, 6.07) is 0. The van der Waals surface area contributed by atoms with Gasteiger partial charge in [-0.2, -0.15) is 5.10 Å². The molecule has 0 unspecified atom stereocenters. The smallest absolute Gasteiger partial charge is 0.227 e. The van der Waals surface area contributed by atoms with E-state index in [1.165, 1.54) is 0 Å². The van der Waals surface area contributed by atoms with Gasteiger partial charge in [-0.25, -0.2) is 9.97 Å². The molecule has 0 atom stereocenters. The number of aryl methyl sites for hydroxylation is 2. The first-order valence-corrected chi connectivity index (χ1v) is 4.86. The molecule has 0 radical (unpaired) electrons. The Balaban J connectivity index is 2.11. The molecule has 1 N–H and O–H groups in total. The molecule has 0 amide bonds. The Labute approximate surface area is 88.2 Å². The van der Waals surface area contributed by atoms with Crippen LogP contribution in [0.1, 0.15) is 12.5 Å². The normalized spacial score (nSPS) is 10.3. The van der Waals surface area contributed by atoms with E-state index in [0.29, 0.717) is 5.95 Å². The Morgan fingerprint density at radius 1 is 1.27 bits per heavy atom. The third-order valence-electron chi connectivity index (χ3n) is 1.99. The summed E-state index contributed by atoms with van der Waals surface area (Å²) in [5, 5.41) is 7.23. The van der Waals surface area contributed by atoms with Gasteiger partial charge in [0.15, 0.2) is 0 Å². The molecule has 2 rings (SSSR count). The average Bonchev–Trinajstić information content (AvgIpc) is 2.69. The predicted molar refractivity (Wildman–Crippen MR) is 58.0 cm³/mol. The van der Waals surface area contributed by atoms with E-state index in [9.17, 15) is 0 Å². The van der Waals surface area contributed by atoms with E-state index in [1.54, 1.807) is 18.6 Å². The zero-order valence-corrected chi connectivity index (χ0v) is 8.81. The SMILES string of the molecule is CCn1cc(Nc2ncc(C)cn2)cn1. The molecule has 0 bridgehead atoms. The summed E-state index contributed by atoms with van der Waals surface area (Å²) in [5.74, 6) is 0.594. The van der Waals surface area contributed by atoms with Gasteiger partial charge in [0.2, 0.25) is 5.95 Å². The van der Waals surface area contributed by atoms with E-state index in [-0.39, 0.29) is 0 Å². The molecule has 0 spiro atoms. The highest BCUT2D eigenvalue weighted by molar-refractivity contribution is 5.49. The van der Waals surface area contributed by atoms with Gasteiger partial charge in [0.25, 0.3) is 0 Å². The lowest BCUT2D eigenvalue weighted by Crippen LogP contribution is -1.96. The highest BCUT2D eigenvalue weighted by Gasteiger charge is 1.99. The van der Waals surface area contributed by atoms with Gasteiger partial charge in [-0.15, -0.1) is 0 Å². The van der Waals surface area contributed by atoms with Crippen LogP contribution in [-0.2, 0) is 6.54 Å². The van der Waals surface area contributed by atoms with Gasteiger partial charge in [0.05, 0.1) is 11.9 Å². The summed E-state index contributed by atoms with van der Waals surface area (Å²) >= 11 is 0. The number of nitrogens with zero attached hydrogens (tertiary/aromatic N) is 4.